The lowest BCUT2D eigenvalue weighted by Gasteiger charge is -2.00. The topological polar surface area (TPSA) is 46.5 Å². The molecule has 3 nitrogen and oxygen atoms in total. The molecular formula is C6H13BrO3P+. The van der Waals surface area contributed by atoms with Crippen molar-refractivity contribution in [3.63, 3.8) is 0 Å². The van der Waals surface area contributed by atoms with E-state index in [1.165, 1.54) is 0 Å². The maximum Gasteiger partial charge on any atom is 0.541 e. The number of halogens is 1. The number of rotatable bonds is 5. The molecule has 0 heterocycles. The molecule has 1 N–H and O–H groups in total. The van der Waals surface area contributed by atoms with Gasteiger partial charge in [-0.25, -0.2) is 0 Å². The fourth-order valence-corrected chi connectivity index (χ4v) is 1.84. The molecule has 66 valence electrons. The van der Waals surface area contributed by atoms with Gasteiger partial charge in [0.2, 0.25) is 0 Å². The van der Waals surface area contributed by atoms with Crippen LogP contribution in [0.25, 0.3) is 0 Å². The Morgan fingerprint density at radius 3 is 2.64 bits per heavy atom. The van der Waals surface area contributed by atoms with E-state index in [9.17, 15) is 4.57 Å². The second kappa shape index (κ2) is 6.06. The monoisotopic (exact) mass is 243 g/mol. The lowest BCUT2D eigenvalue weighted by atomic mass is 10.3. The molecule has 5 heteroatoms. The van der Waals surface area contributed by atoms with Gasteiger partial charge < -0.3 is 5.11 Å². The Morgan fingerprint density at radius 2 is 2.27 bits per heavy atom. The van der Waals surface area contributed by atoms with E-state index >= 15 is 0 Å². The summed E-state index contributed by atoms with van der Waals surface area (Å²) in [6.07, 6.45) is 0.753. The molecule has 0 saturated heterocycles. The van der Waals surface area contributed by atoms with Crippen molar-refractivity contribution in [2.24, 2.45) is 0 Å². The first-order valence-electron chi connectivity index (χ1n) is 3.49. The largest absolute Gasteiger partial charge is 0.541 e. The highest BCUT2D eigenvalue weighted by Crippen LogP contribution is 2.31. The van der Waals surface area contributed by atoms with Crippen LogP contribution in [0.15, 0.2) is 0 Å². The fraction of sp³-hybridized carbons (Fsp3) is 1.00. The predicted molar refractivity (Wildman–Crippen MR) is 48.2 cm³/mol. The van der Waals surface area contributed by atoms with Gasteiger partial charge >= 0.3 is 8.03 Å². The van der Waals surface area contributed by atoms with E-state index < -0.39 is 13.9 Å². The molecule has 0 saturated carbocycles. The Morgan fingerprint density at radius 1 is 1.73 bits per heavy atom. The van der Waals surface area contributed by atoms with Crippen LogP contribution in [0.3, 0.4) is 0 Å². The zero-order valence-corrected chi connectivity index (χ0v) is 9.14. The molecule has 0 aliphatic carbocycles. The van der Waals surface area contributed by atoms with Gasteiger partial charge in [0.05, 0.1) is 5.33 Å². The molecule has 0 bridgehead atoms. The quantitative estimate of drug-likeness (QED) is 0.596. The molecule has 0 aliphatic heterocycles. The van der Waals surface area contributed by atoms with Crippen molar-refractivity contribution in [1.29, 1.82) is 0 Å². The minimum Gasteiger partial charge on any atom is -0.348 e. The number of aliphatic hydroxyl groups is 1. The van der Waals surface area contributed by atoms with Crippen molar-refractivity contribution < 1.29 is 14.2 Å². The van der Waals surface area contributed by atoms with Crippen LogP contribution >= 0.6 is 24.0 Å². The minimum absolute atomic E-state index is 0.0488. The SMILES string of the molecule is CCC(C)O[P+](=O)[C@H](O)CBr. The molecule has 0 aromatic heterocycles. The molecule has 0 aromatic carbocycles. The summed E-state index contributed by atoms with van der Waals surface area (Å²) >= 11 is 3.01. The Hall–Kier alpha value is 0.500. The van der Waals surface area contributed by atoms with E-state index in [4.69, 9.17) is 9.63 Å². The van der Waals surface area contributed by atoms with Crippen LogP contribution in [0.1, 0.15) is 20.3 Å². The molecule has 11 heavy (non-hydrogen) atoms. The normalized spacial score (nSPS) is 17.6. The van der Waals surface area contributed by atoms with Gasteiger partial charge in [-0.15, -0.1) is 4.52 Å². The second-order valence-electron chi connectivity index (χ2n) is 2.24. The highest BCUT2D eigenvalue weighted by atomic mass is 79.9. The highest BCUT2D eigenvalue weighted by Gasteiger charge is 2.30. The molecule has 0 spiro atoms. The summed E-state index contributed by atoms with van der Waals surface area (Å²) in [5.74, 6) is -0.890. The number of hydrogen-bond donors (Lipinski definition) is 1. The second-order valence-corrected chi connectivity index (χ2v) is 4.27. The van der Waals surface area contributed by atoms with Gasteiger partial charge in [0.25, 0.3) is 5.85 Å². The van der Waals surface area contributed by atoms with Gasteiger partial charge in [-0.3, -0.25) is 0 Å². The van der Waals surface area contributed by atoms with Crippen molar-refractivity contribution in [3.05, 3.63) is 0 Å². The first-order chi connectivity index (χ1) is 5.11. The summed E-state index contributed by atoms with van der Waals surface area (Å²) in [5, 5.41) is 9.31. The molecule has 0 aromatic rings. The number of hydrogen-bond acceptors (Lipinski definition) is 3. The third-order valence-corrected chi connectivity index (χ3v) is 3.59. The summed E-state index contributed by atoms with van der Waals surface area (Å²) in [6, 6.07) is 0. The lowest BCUT2D eigenvalue weighted by Crippen LogP contribution is -2.08. The van der Waals surface area contributed by atoms with Crippen LogP contribution in [0.2, 0.25) is 0 Å². The highest BCUT2D eigenvalue weighted by molar-refractivity contribution is 9.09. The number of aliphatic hydroxyl groups excluding tert-OH is 1. The average Bonchev–Trinajstić information content (AvgIpc) is 2.02. The van der Waals surface area contributed by atoms with Crippen molar-refractivity contribution in [3.8, 4) is 0 Å². The van der Waals surface area contributed by atoms with Gasteiger partial charge in [-0.05, 0) is 17.9 Å². The zero-order valence-electron chi connectivity index (χ0n) is 6.66. The van der Waals surface area contributed by atoms with Gasteiger partial charge in [-0.1, -0.05) is 22.9 Å². The molecule has 0 radical (unpaired) electrons. The van der Waals surface area contributed by atoms with E-state index in [0.717, 1.165) is 6.42 Å². The summed E-state index contributed by atoms with van der Waals surface area (Å²) in [7, 11) is -1.93. The van der Waals surface area contributed by atoms with E-state index in [2.05, 4.69) is 15.9 Å². The van der Waals surface area contributed by atoms with E-state index in [1.807, 2.05) is 13.8 Å². The molecule has 3 atom stereocenters. The van der Waals surface area contributed by atoms with Crippen LogP contribution in [0, 0.1) is 0 Å². The molecular weight excluding hydrogens is 231 g/mol. The van der Waals surface area contributed by atoms with Crippen LogP contribution in [0.5, 0.6) is 0 Å². The van der Waals surface area contributed by atoms with E-state index in [1.54, 1.807) is 0 Å². The lowest BCUT2D eigenvalue weighted by molar-refractivity contribution is 0.193. The minimum atomic E-state index is -1.93. The summed E-state index contributed by atoms with van der Waals surface area (Å²) in [4.78, 5) is 0. The van der Waals surface area contributed by atoms with Gasteiger partial charge in [0.1, 0.15) is 6.10 Å². The molecule has 2 unspecified atom stereocenters. The fourth-order valence-electron chi connectivity index (χ4n) is 0.378. The summed E-state index contributed by atoms with van der Waals surface area (Å²) < 4.78 is 16.0. The smallest absolute Gasteiger partial charge is 0.348 e. The number of alkyl halides is 1. The van der Waals surface area contributed by atoms with E-state index in [-0.39, 0.29) is 6.10 Å². The third-order valence-electron chi connectivity index (χ3n) is 1.24. The van der Waals surface area contributed by atoms with Gasteiger partial charge in [0, 0.05) is 0 Å². The van der Waals surface area contributed by atoms with Crippen molar-refractivity contribution in [2.75, 3.05) is 5.33 Å². The van der Waals surface area contributed by atoms with Gasteiger partial charge in [0.15, 0.2) is 0 Å². The van der Waals surface area contributed by atoms with Crippen LogP contribution in [0.4, 0.5) is 0 Å². The summed E-state index contributed by atoms with van der Waals surface area (Å²) in [6.45, 7) is 3.77. The Kier molecular flexibility index (Phi) is 6.34. The first-order valence-corrected chi connectivity index (χ1v) is 5.85. The standard InChI is InChI=1S/C6H13BrO3P/c1-3-5(2)10-11(9)6(8)4-7/h5-6,8H,3-4H2,1-2H3/q+1/t5?,6-/m0/s1. The predicted octanol–water partition coefficient (Wildman–Crippen LogP) is 2.26. The maximum atomic E-state index is 11.0. The van der Waals surface area contributed by atoms with Gasteiger partial charge in [-0.2, -0.15) is 0 Å². The molecule has 0 fully saturated rings. The van der Waals surface area contributed by atoms with Crippen LogP contribution < -0.4 is 0 Å². The zero-order chi connectivity index (χ0) is 8.85. The maximum absolute atomic E-state index is 11.0. The molecule has 0 rings (SSSR count). The van der Waals surface area contributed by atoms with Crippen molar-refractivity contribution in [1.82, 2.24) is 0 Å². The van der Waals surface area contributed by atoms with Crippen molar-refractivity contribution in [2.45, 2.75) is 32.2 Å². The third kappa shape index (κ3) is 4.86. The Labute approximate surface area is 76.1 Å². The van der Waals surface area contributed by atoms with Crippen LogP contribution in [-0.4, -0.2) is 22.4 Å². The van der Waals surface area contributed by atoms with Crippen molar-refractivity contribution >= 4 is 24.0 Å². The van der Waals surface area contributed by atoms with Crippen LogP contribution in [-0.2, 0) is 9.09 Å². The average molecular weight is 244 g/mol. The molecule has 0 aliphatic rings. The Balaban J connectivity index is 3.68. The molecule has 0 amide bonds. The first kappa shape index (κ1) is 11.5. The summed E-state index contributed by atoms with van der Waals surface area (Å²) in [5.41, 5.74) is 0. The van der Waals surface area contributed by atoms with E-state index in [0.29, 0.717) is 5.33 Å². The Bertz CT molecular complexity index is 131.